The molecule has 3 heterocycles. The molecule has 0 spiro atoms. The molecule has 2 aromatic carbocycles. The van der Waals surface area contributed by atoms with E-state index in [1.165, 1.54) is 6.08 Å². The molecule has 8 heteroatoms. The number of benzene rings is 2. The van der Waals surface area contributed by atoms with Crippen LogP contribution in [0.15, 0.2) is 73.4 Å². The largest absolute Gasteiger partial charge is 0.381 e. The molecule has 3 aromatic rings. The zero-order valence-electron chi connectivity index (χ0n) is 19.4. The van der Waals surface area contributed by atoms with Gasteiger partial charge in [-0.05, 0) is 36.3 Å². The van der Waals surface area contributed by atoms with Crippen molar-refractivity contribution in [2.45, 2.75) is 19.4 Å². The van der Waals surface area contributed by atoms with Crippen molar-refractivity contribution in [1.82, 2.24) is 14.9 Å². The van der Waals surface area contributed by atoms with Crippen LogP contribution in [0.3, 0.4) is 0 Å². The van der Waals surface area contributed by atoms with E-state index in [1.807, 2.05) is 47.5 Å². The maximum atomic E-state index is 14.0. The topological polar surface area (TPSA) is 87.7 Å². The smallest absolute Gasteiger partial charge is 0.330 e. The van der Waals surface area contributed by atoms with Crippen LogP contribution >= 0.6 is 0 Å². The maximum absolute atomic E-state index is 14.0. The van der Waals surface area contributed by atoms with Gasteiger partial charge in [0, 0.05) is 42.9 Å². The number of ether oxygens (including phenoxy) is 1. The van der Waals surface area contributed by atoms with Crippen LogP contribution in [0.25, 0.3) is 0 Å². The maximum Gasteiger partial charge on any atom is 0.330 e. The Labute approximate surface area is 204 Å². The summed E-state index contributed by atoms with van der Waals surface area (Å²) in [6.45, 7) is 5.95. The van der Waals surface area contributed by atoms with Gasteiger partial charge >= 0.3 is 6.03 Å². The van der Waals surface area contributed by atoms with Crippen LogP contribution in [-0.4, -0.2) is 46.6 Å². The van der Waals surface area contributed by atoms with E-state index < -0.39 is 0 Å². The minimum atomic E-state index is -0.317. The molecule has 0 aliphatic carbocycles. The Morgan fingerprint density at radius 3 is 2.74 bits per heavy atom. The number of fused-ring (bicyclic) bond motifs is 1. The molecule has 1 aromatic heterocycles. The summed E-state index contributed by atoms with van der Waals surface area (Å²) < 4.78 is 5.30. The van der Waals surface area contributed by atoms with Gasteiger partial charge in [-0.3, -0.25) is 4.79 Å². The number of nitrogens with zero attached hydrogens (tertiary/aromatic N) is 4. The third-order valence-electron chi connectivity index (χ3n) is 6.17. The van der Waals surface area contributed by atoms with E-state index in [0.717, 1.165) is 11.1 Å². The first-order valence-electron chi connectivity index (χ1n) is 11.7. The summed E-state index contributed by atoms with van der Waals surface area (Å²) in [4.78, 5) is 38.8. The molecule has 0 saturated carbocycles. The van der Waals surface area contributed by atoms with Gasteiger partial charge in [0.1, 0.15) is 11.6 Å². The minimum absolute atomic E-state index is 0.170. The third-order valence-corrected chi connectivity index (χ3v) is 6.17. The monoisotopic (exact) mass is 469 g/mol. The second kappa shape index (κ2) is 10.1. The van der Waals surface area contributed by atoms with Crippen molar-refractivity contribution in [2.24, 2.45) is 5.92 Å². The summed E-state index contributed by atoms with van der Waals surface area (Å²) in [5, 5.41) is 2.77. The molecule has 8 nitrogen and oxygen atoms in total. The molecule has 3 amide bonds. The van der Waals surface area contributed by atoms with E-state index >= 15 is 0 Å². The number of aromatic nitrogens is 2. The fourth-order valence-corrected chi connectivity index (χ4v) is 4.24. The van der Waals surface area contributed by atoms with Crippen LogP contribution in [-0.2, 0) is 28.9 Å². The van der Waals surface area contributed by atoms with Gasteiger partial charge in [0.2, 0.25) is 5.91 Å². The van der Waals surface area contributed by atoms with Crippen LogP contribution in [0.5, 0.6) is 0 Å². The molecule has 1 N–H and O–H groups in total. The summed E-state index contributed by atoms with van der Waals surface area (Å²) in [7, 11) is 0. The summed E-state index contributed by atoms with van der Waals surface area (Å²) >= 11 is 0. The number of carbonyl (C=O) groups excluding carboxylic acids is 2. The van der Waals surface area contributed by atoms with Crippen LogP contribution in [0.2, 0.25) is 0 Å². The number of hydrogen-bond acceptors (Lipinski definition) is 5. The molecule has 1 saturated heterocycles. The fraction of sp³-hybridized carbons (Fsp3) is 0.259. The van der Waals surface area contributed by atoms with Crippen LogP contribution in [0.4, 0.5) is 22.0 Å². The van der Waals surface area contributed by atoms with Crippen molar-refractivity contribution in [1.29, 1.82) is 0 Å². The zero-order valence-corrected chi connectivity index (χ0v) is 19.4. The first-order valence-corrected chi connectivity index (χ1v) is 11.7. The number of amides is 3. The Bertz CT molecular complexity index is 1240. The first kappa shape index (κ1) is 22.7. The molecule has 0 unspecified atom stereocenters. The number of nitrogens with one attached hydrogen (secondary N) is 1. The van der Waals surface area contributed by atoms with Gasteiger partial charge in [0.15, 0.2) is 0 Å². The Morgan fingerprint density at radius 1 is 1.17 bits per heavy atom. The average Bonchev–Trinajstić information content (AvgIpc) is 2.98. The van der Waals surface area contributed by atoms with Gasteiger partial charge in [0.25, 0.3) is 0 Å². The van der Waals surface area contributed by atoms with Gasteiger partial charge in [-0.25, -0.2) is 19.7 Å². The van der Waals surface area contributed by atoms with Crippen molar-refractivity contribution in [3.8, 4) is 0 Å². The molecule has 2 aliphatic rings. The lowest BCUT2D eigenvalue weighted by molar-refractivity contribution is -0.111. The predicted molar refractivity (Wildman–Crippen MR) is 133 cm³/mol. The predicted octanol–water partition coefficient (Wildman–Crippen LogP) is 4.11. The lowest BCUT2D eigenvalue weighted by Gasteiger charge is -2.29. The number of hydrogen-bond donors (Lipinski definition) is 1. The van der Waals surface area contributed by atoms with Gasteiger partial charge in [0.05, 0.1) is 18.9 Å². The lowest BCUT2D eigenvalue weighted by atomic mass is 10.0. The second-order valence-electron chi connectivity index (χ2n) is 8.76. The van der Waals surface area contributed by atoms with Crippen molar-refractivity contribution in [3.05, 3.63) is 90.4 Å². The van der Waals surface area contributed by atoms with Crippen LogP contribution in [0, 0.1) is 5.92 Å². The quantitative estimate of drug-likeness (QED) is 0.526. The summed E-state index contributed by atoms with van der Waals surface area (Å²) in [6.07, 6.45) is 4.40. The Kier molecular flexibility index (Phi) is 6.54. The lowest BCUT2D eigenvalue weighted by Crippen LogP contribution is -2.40. The highest BCUT2D eigenvalue weighted by atomic mass is 16.5. The third kappa shape index (κ3) is 5.07. The van der Waals surface area contributed by atoms with E-state index in [4.69, 9.17) is 9.72 Å². The van der Waals surface area contributed by atoms with Crippen LogP contribution < -0.4 is 10.2 Å². The summed E-state index contributed by atoms with van der Waals surface area (Å²) in [5.74, 6) is 1.36. The standard InChI is InChI=1S/C27H27N5O3/c1-2-25(33)29-22-9-6-10-23(14-22)32-26-21(15-28-24(30-26)13-20-17-35-18-20)11-12-31(27(32)34)16-19-7-4-3-5-8-19/h2-10,14-15,20H,1,11-13,16-18H2,(H,29,33). The van der Waals surface area contributed by atoms with E-state index in [0.29, 0.717) is 68.1 Å². The minimum Gasteiger partial charge on any atom is -0.381 e. The molecular weight excluding hydrogens is 442 g/mol. The van der Waals surface area contributed by atoms with Gasteiger partial charge in [-0.15, -0.1) is 0 Å². The molecule has 0 bridgehead atoms. The molecule has 178 valence electrons. The van der Waals surface area contributed by atoms with E-state index in [2.05, 4.69) is 16.9 Å². The zero-order chi connectivity index (χ0) is 24.2. The molecule has 5 rings (SSSR count). The van der Waals surface area contributed by atoms with Crippen molar-refractivity contribution in [2.75, 3.05) is 30.0 Å². The van der Waals surface area contributed by atoms with Crippen LogP contribution in [0.1, 0.15) is 17.0 Å². The van der Waals surface area contributed by atoms with Gasteiger partial charge in [-0.1, -0.05) is 43.0 Å². The van der Waals surface area contributed by atoms with E-state index in [1.54, 1.807) is 23.1 Å². The SMILES string of the molecule is C=CC(=O)Nc1cccc(N2C(=O)N(Cc3ccccc3)CCc3cnc(CC4COC4)nc32)c1. The van der Waals surface area contributed by atoms with Crippen molar-refractivity contribution >= 4 is 29.1 Å². The van der Waals surface area contributed by atoms with Crippen molar-refractivity contribution < 1.29 is 14.3 Å². The Balaban J connectivity index is 1.53. The highest BCUT2D eigenvalue weighted by molar-refractivity contribution is 6.02. The molecular formula is C27H27N5O3. The number of anilines is 3. The number of urea groups is 1. The van der Waals surface area contributed by atoms with E-state index in [9.17, 15) is 9.59 Å². The molecule has 35 heavy (non-hydrogen) atoms. The normalized spacial score (nSPS) is 15.7. The summed E-state index contributed by atoms with van der Waals surface area (Å²) in [5.41, 5.74) is 3.15. The number of carbonyl (C=O) groups is 2. The molecule has 1 fully saturated rings. The molecule has 0 atom stereocenters. The number of rotatable bonds is 7. The second-order valence-corrected chi connectivity index (χ2v) is 8.76. The Hall–Kier alpha value is -4.04. The molecule has 0 radical (unpaired) electrons. The van der Waals surface area contributed by atoms with E-state index in [-0.39, 0.29) is 11.9 Å². The fourth-order valence-electron chi connectivity index (χ4n) is 4.24. The highest BCUT2D eigenvalue weighted by Gasteiger charge is 2.32. The Morgan fingerprint density at radius 2 is 2.00 bits per heavy atom. The average molecular weight is 470 g/mol. The summed E-state index contributed by atoms with van der Waals surface area (Å²) in [6, 6.07) is 17.0. The van der Waals surface area contributed by atoms with Gasteiger partial charge in [-0.2, -0.15) is 0 Å². The van der Waals surface area contributed by atoms with Crippen molar-refractivity contribution in [3.63, 3.8) is 0 Å². The first-order chi connectivity index (χ1) is 17.1. The highest BCUT2D eigenvalue weighted by Crippen LogP contribution is 2.33. The van der Waals surface area contributed by atoms with Gasteiger partial charge < -0.3 is 15.0 Å². The molecule has 2 aliphatic heterocycles.